The van der Waals surface area contributed by atoms with Crippen molar-refractivity contribution >= 4 is 104 Å². The van der Waals surface area contributed by atoms with Crippen LogP contribution < -0.4 is 15.8 Å². The fourth-order valence-corrected chi connectivity index (χ4v) is 14.9. The van der Waals surface area contributed by atoms with Crippen LogP contribution in [-0.4, -0.2) is 192 Å². The first-order valence-corrected chi connectivity index (χ1v) is 37.3. The van der Waals surface area contributed by atoms with Gasteiger partial charge in [0.25, 0.3) is 17.1 Å². The van der Waals surface area contributed by atoms with E-state index >= 15 is 0 Å². The van der Waals surface area contributed by atoms with E-state index in [2.05, 4.69) is 47.7 Å². The molecule has 0 unspecified atom stereocenters. The van der Waals surface area contributed by atoms with Gasteiger partial charge in [0.1, 0.15) is 5.75 Å². The number of rotatable bonds is 16. The van der Waals surface area contributed by atoms with E-state index in [0.29, 0.717) is 60.3 Å². The Balaban J connectivity index is 0.000000169. The van der Waals surface area contributed by atoms with Gasteiger partial charge in [-0.05, 0) is 204 Å². The monoisotopic (exact) mass is 1540 g/mol. The van der Waals surface area contributed by atoms with Gasteiger partial charge in [0.2, 0.25) is 0 Å². The van der Waals surface area contributed by atoms with Gasteiger partial charge < -0.3 is 29.8 Å². The lowest BCUT2D eigenvalue weighted by atomic mass is 10.0. The van der Waals surface area contributed by atoms with Gasteiger partial charge in [-0.25, -0.2) is 4.79 Å². The third-order valence-corrected chi connectivity index (χ3v) is 22.2. The van der Waals surface area contributed by atoms with Crippen LogP contribution in [0.5, 0.6) is 5.75 Å². The summed E-state index contributed by atoms with van der Waals surface area (Å²) in [5.74, 6) is 0.731. The second-order valence-electron chi connectivity index (χ2n) is 26.5. The smallest absolute Gasteiger partial charge is 0.410 e. The molecule has 0 spiro atoms. The average molecular weight is 1540 g/mol. The first-order valence-electron chi connectivity index (χ1n) is 34.8. The number of benzene rings is 6. The third-order valence-electron chi connectivity index (χ3n) is 19.9. The zero-order valence-corrected chi connectivity index (χ0v) is 63.7. The molecule has 29 heteroatoms. The lowest BCUT2D eigenvalue weighted by Crippen LogP contribution is -2.48. The number of nitrogens with two attached hydrogens (primary N) is 1. The number of nitrogen functional groups attached to an aromatic ring is 1. The molecule has 6 saturated heterocycles. The van der Waals surface area contributed by atoms with E-state index in [1.807, 2.05) is 44.2 Å². The number of carbonyl (C=O) groups excluding carboxylic acids is 1. The number of likely N-dealkylation sites (tertiary alicyclic amines) is 3. The number of carbonyl (C=O) groups is 1. The molecule has 6 aliphatic heterocycles. The first-order chi connectivity index (χ1) is 49.4. The van der Waals surface area contributed by atoms with Gasteiger partial charge in [0.05, 0.1) is 76.1 Å². The standard InChI is InChI=1S/C24H30ClN3O3.C17H24ClN3O3.C17H26ClN3O.C8H7Cl2NO2.C8H8ClNO3/c1-18-19(17-27-9-7-21(8-10-27)28-11-13-30-14-12-28)15-20(16-23(18)25)26-24(29)31-22-5-3-2-4-6-22;1-13-14(10-16(21(22)23)11-17(13)18)12-19-4-2-15(3-5-19)20-6-8-24-9-7-20;1-13-14(10-15(19)11-17(13)18)12-20-4-2-16(3-5-20)21-6-8-22-9-7-21;1-5-6(4-9)2-7(11(12)13)3-8(5)10;1-5-6(4-11)2-7(10(12)13)3-8(5)9/h2-6,15-16,21H,7-14,17H2,1H3,(H,26,29);10-11,15H,2-9,12H2,1H3;10-11,16H,2-9,12,19H2,1H3;2-3H,4H2,1H3;2-3,11H,4H2,1H3. The second-order valence-corrected chi connectivity index (χ2v) is 28.8. The number of aliphatic hydroxyl groups is 1. The molecule has 560 valence electrons. The summed E-state index contributed by atoms with van der Waals surface area (Å²) in [5.41, 5.74) is 16.4. The topological polar surface area (TPSA) is 261 Å². The van der Waals surface area contributed by atoms with Gasteiger partial charge in [0.15, 0.2) is 0 Å². The Morgan fingerprint density at radius 3 is 1.17 bits per heavy atom. The number of nitrogens with one attached hydrogen (secondary N) is 1. The molecule has 6 aliphatic rings. The maximum absolute atomic E-state index is 12.3. The number of ether oxygens (including phenoxy) is 4. The summed E-state index contributed by atoms with van der Waals surface area (Å²) in [6.07, 6.45) is 6.60. The molecule has 4 N–H and O–H groups in total. The number of aliphatic hydroxyl groups excluding tert-OH is 1. The molecule has 0 atom stereocenters. The molecule has 23 nitrogen and oxygen atoms in total. The molecular formula is C74H95Cl6N11O12. The van der Waals surface area contributed by atoms with Crippen molar-refractivity contribution in [1.82, 2.24) is 29.4 Å². The number of alkyl halides is 1. The molecule has 6 fully saturated rings. The number of non-ortho nitro benzene ring substituents is 3. The van der Waals surface area contributed by atoms with Gasteiger partial charge in [-0.15, -0.1) is 11.6 Å². The minimum Gasteiger partial charge on any atom is -0.410 e. The highest BCUT2D eigenvalue weighted by Crippen LogP contribution is 2.33. The van der Waals surface area contributed by atoms with Crippen molar-refractivity contribution in [2.75, 3.05) is 129 Å². The number of nitro benzene ring substituents is 3. The number of para-hydroxylation sites is 1. The van der Waals surface area contributed by atoms with Crippen molar-refractivity contribution < 1.29 is 43.6 Å². The number of anilines is 2. The summed E-state index contributed by atoms with van der Waals surface area (Å²) in [6.45, 7) is 29.7. The number of hydrogen-bond donors (Lipinski definition) is 3. The number of halogens is 6. The van der Waals surface area contributed by atoms with E-state index in [-0.39, 0.29) is 34.5 Å². The Labute approximate surface area is 633 Å². The minimum atomic E-state index is -0.537. The summed E-state index contributed by atoms with van der Waals surface area (Å²) in [4.78, 5) is 57.8. The second kappa shape index (κ2) is 41.2. The normalized spacial score (nSPS) is 17.8. The zero-order chi connectivity index (χ0) is 74.3. The van der Waals surface area contributed by atoms with Gasteiger partial charge in [0, 0.05) is 141 Å². The molecule has 6 heterocycles. The molecule has 1 amide bonds. The van der Waals surface area contributed by atoms with Crippen LogP contribution >= 0.6 is 69.6 Å². The molecule has 103 heavy (non-hydrogen) atoms. The van der Waals surface area contributed by atoms with Crippen molar-refractivity contribution in [2.24, 2.45) is 0 Å². The highest BCUT2D eigenvalue weighted by molar-refractivity contribution is 6.33. The lowest BCUT2D eigenvalue weighted by Gasteiger charge is -2.40. The van der Waals surface area contributed by atoms with Crippen LogP contribution in [0.2, 0.25) is 25.1 Å². The van der Waals surface area contributed by atoms with Gasteiger partial charge in [-0.1, -0.05) is 76.2 Å². The van der Waals surface area contributed by atoms with Crippen LogP contribution in [0.25, 0.3) is 0 Å². The van der Waals surface area contributed by atoms with Crippen LogP contribution in [0.1, 0.15) is 94.2 Å². The molecule has 0 bridgehead atoms. The van der Waals surface area contributed by atoms with Gasteiger partial charge in [-0.3, -0.25) is 65.1 Å². The minimum absolute atomic E-state index is 0.0220. The van der Waals surface area contributed by atoms with E-state index in [4.69, 9.17) is 99.4 Å². The van der Waals surface area contributed by atoms with Crippen LogP contribution in [0.4, 0.5) is 33.2 Å². The summed E-state index contributed by atoms with van der Waals surface area (Å²) < 4.78 is 21.7. The predicted octanol–water partition coefficient (Wildman–Crippen LogP) is 15.3. The molecule has 0 aromatic heterocycles. The molecule has 6 aromatic rings. The highest BCUT2D eigenvalue weighted by atomic mass is 35.5. The highest BCUT2D eigenvalue weighted by Gasteiger charge is 2.30. The quantitative estimate of drug-likeness (QED) is 0.0352. The third kappa shape index (κ3) is 25.0. The number of nitro groups is 3. The molecular weight excluding hydrogens is 1450 g/mol. The Hall–Kier alpha value is -6.07. The first kappa shape index (κ1) is 82.6. The van der Waals surface area contributed by atoms with Gasteiger partial charge >= 0.3 is 6.09 Å². The number of morpholine rings is 3. The van der Waals surface area contributed by atoms with E-state index in [1.54, 1.807) is 38.1 Å². The van der Waals surface area contributed by atoms with Gasteiger partial charge in [-0.2, -0.15) is 0 Å². The molecule has 12 rings (SSSR count). The number of nitrogens with zero attached hydrogens (tertiary/aromatic N) is 9. The Kier molecular flexibility index (Phi) is 33.0. The van der Waals surface area contributed by atoms with Crippen molar-refractivity contribution in [3.05, 3.63) is 202 Å². The largest absolute Gasteiger partial charge is 0.417 e. The predicted molar refractivity (Wildman–Crippen MR) is 409 cm³/mol. The van der Waals surface area contributed by atoms with E-state index < -0.39 is 15.9 Å². The van der Waals surface area contributed by atoms with E-state index in [1.165, 1.54) is 61.6 Å². The summed E-state index contributed by atoms with van der Waals surface area (Å²) in [6, 6.07) is 27.2. The zero-order valence-electron chi connectivity index (χ0n) is 59.2. The lowest BCUT2D eigenvalue weighted by molar-refractivity contribution is -0.385. The van der Waals surface area contributed by atoms with E-state index in [0.717, 1.165) is 201 Å². The molecule has 0 radical (unpaired) electrons. The van der Waals surface area contributed by atoms with Crippen LogP contribution in [0.15, 0.2) is 91.0 Å². The fraction of sp³-hybridized carbons (Fsp3) is 0.500. The molecule has 0 saturated carbocycles. The van der Waals surface area contributed by atoms with Crippen molar-refractivity contribution in [3.8, 4) is 5.75 Å². The molecule has 0 aliphatic carbocycles. The van der Waals surface area contributed by atoms with Crippen molar-refractivity contribution in [3.63, 3.8) is 0 Å². The van der Waals surface area contributed by atoms with Crippen LogP contribution in [-0.2, 0) is 46.3 Å². The Bertz CT molecular complexity index is 3720. The fourth-order valence-electron chi connectivity index (χ4n) is 13.5. The maximum Gasteiger partial charge on any atom is 0.417 e. The Morgan fingerprint density at radius 1 is 0.476 bits per heavy atom. The summed E-state index contributed by atoms with van der Waals surface area (Å²) in [7, 11) is 0. The van der Waals surface area contributed by atoms with Crippen molar-refractivity contribution in [2.45, 2.75) is 123 Å². The van der Waals surface area contributed by atoms with Crippen molar-refractivity contribution in [1.29, 1.82) is 0 Å². The van der Waals surface area contributed by atoms with E-state index in [9.17, 15) is 35.1 Å². The number of amides is 1. The maximum atomic E-state index is 12.3. The summed E-state index contributed by atoms with van der Waals surface area (Å²) in [5, 5.41) is 46.1. The number of hydrogen-bond acceptors (Lipinski definition) is 19. The Morgan fingerprint density at radius 2 is 0.796 bits per heavy atom. The van der Waals surface area contributed by atoms with Crippen LogP contribution in [0, 0.1) is 65.0 Å². The average Bonchev–Trinajstić information content (AvgIpc) is 0.850. The number of piperidine rings is 3. The van der Waals surface area contributed by atoms with Crippen LogP contribution in [0.3, 0.4) is 0 Å². The summed E-state index contributed by atoms with van der Waals surface area (Å²) >= 11 is 36.0. The SMILES string of the molecule is Cc1c(Cl)cc(N)cc1CN1CCC(N2CCOCC2)CC1.Cc1c(Cl)cc(NC(=O)Oc2ccccc2)cc1CN1CCC(N2CCOCC2)CC1.Cc1c(Cl)cc([N+](=O)[O-])cc1CCl.Cc1c(Cl)cc([N+](=O)[O-])cc1CN1CCC(N2CCOCC2)CC1.Cc1c(Cl)cc([N+](=O)[O-])cc1CO. The molecule has 6 aromatic carbocycles.